The van der Waals surface area contributed by atoms with Crippen LogP contribution in [0, 0.1) is 23.0 Å². The van der Waals surface area contributed by atoms with Gasteiger partial charge in [-0.1, -0.05) is 25.4 Å². The van der Waals surface area contributed by atoms with Gasteiger partial charge in [0.05, 0.1) is 30.0 Å². The van der Waals surface area contributed by atoms with Gasteiger partial charge in [0.15, 0.2) is 17.4 Å². The van der Waals surface area contributed by atoms with Crippen molar-refractivity contribution in [1.29, 1.82) is 5.26 Å². The smallest absolute Gasteiger partial charge is 0.191 e. The number of nitrogens with one attached hydrogen (secondary N) is 1. The lowest BCUT2D eigenvalue weighted by Gasteiger charge is -2.34. The maximum Gasteiger partial charge on any atom is 0.191 e. The first-order valence-corrected chi connectivity index (χ1v) is 11.5. The predicted octanol–water partition coefficient (Wildman–Crippen LogP) is 6.76. The topological polar surface area (TPSA) is 70.8 Å². The van der Waals surface area contributed by atoms with Gasteiger partial charge in [-0.15, -0.1) is 0 Å². The quantitative estimate of drug-likeness (QED) is 0.402. The van der Waals surface area contributed by atoms with Crippen molar-refractivity contribution < 1.29 is 13.5 Å². The number of benzene rings is 1. The third-order valence-corrected chi connectivity index (χ3v) is 6.75. The first-order chi connectivity index (χ1) is 16.3. The molecular weight excluding hydrogens is 458 g/mol. The van der Waals surface area contributed by atoms with E-state index in [1.807, 2.05) is 26.0 Å². The minimum atomic E-state index is -0.794. The monoisotopic (exact) mass is 482 g/mol. The van der Waals surface area contributed by atoms with Crippen LogP contribution in [0.15, 0.2) is 36.7 Å². The van der Waals surface area contributed by atoms with Gasteiger partial charge in [0.1, 0.15) is 5.69 Å². The summed E-state index contributed by atoms with van der Waals surface area (Å²) in [6.07, 6.45) is 5.95. The molecule has 4 rings (SSSR count). The van der Waals surface area contributed by atoms with E-state index >= 15 is 0 Å². The van der Waals surface area contributed by atoms with E-state index in [1.165, 1.54) is 13.2 Å². The van der Waals surface area contributed by atoms with Gasteiger partial charge in [0.25, 0.3) is 0 Å². The Kier molecular flexibility index (Phi) is 6.72. The van der Waals surface area contributed by atoms with E-state index in [0.29, 0.717) is 21.8 Å². The zero-order chi connectivity index (χ0) is 24.5. The van der Waals surface area contributed by atoms with Gasteiger partial charge in [0.2, 0.25) is 0 Å². The normalized spacial score (nSPS) is 14.4. The van der Waals surface area contributed by atoms with Crippen LogP contribution in [0.25, 0.3) is 11.3 Å². The molecule has 0 aliphatic heterocycles. The molecule has 176 valence electrons. The van der Waals surface area contributed by atoms with Crippen molar-refractivity contribution in [3.8, 4) is 23.1 Å². The third-order valence-electron chi connectivity index (χ3n) is 6.39. The molecule has 0 unspecified atom stereocenters. The van der Waals surface area contributed by atoms with Crippen molar-refractivity contribution in [2.75, 3.05) is 12.4 Å². The Hall–Kier alpha value is -3.24. The number of hydrogen-bond donors (Lipinski definition) is 1. The number of pyridine rings is 2. The summed E-state index contributed by atoms with van der Waals surface area (Å²) < 4.78 is 34.7. The highest BCUT2D eigenvalue weighted by atomic mass is 35.5. The second-order valence-corrected chi connectivity index (χ2v) is 9.23. The fourth-order valence-electron chi connectivity index (χ4n) is 4.07. The summed E-state index contributed by atoms with van der Waals surface area (Å²) in [5, 5.41) is 12.7. The van der Waals surface area contributed by atoms with Crippen molar-refractivity contribution in [3.63, 3.8) is 0 Å². The summed E-state index contributed by atoms with van der Waals surface area (Å²) in [6, 6.07) is 9.21. The number of halogens is 3. The molecule has 1 saturated carbocycles. The van der Waals surface area contributed by atoms with Crippen molar-refractivity contribution in [1.82, 2.24) is 9.97 Å². The van der Waals surface area contributed by atoms with Crippen molar-refractivity contribution in [2.45, 2.75) is 51.0 Å². The summed E-state index contributed by atoms with van der Waals surface area (Å²) in [5.74, 6) is -1.62. The highest BCUT2D eigenvalue weighted by Crippen LogP contribution is 2.42. The van der Waals surface area contributed by atoms with Crippen LogP contribution >= 0.6 is 11.6 Å². The van der Waals surface area contributed by atoms with Gasteiger partial charge in [-0.2, -0.15) is 5.26 Å². The molecule has 1 aliphatic rings. The molecule has 1 fully saturated rings. The average molecular weight is 483 g/mol. The largest absolute Gasteiger partial charge is 0.494 e. The van der Waals surface area contributed by atoms with E-state index in [4.69, 9.17) is 16.3 Å². The van der Waals surface area contributed by atoms with E-state index in [9.17, 15) is 14.0 Å². The number of ether oxygens (including phenoxy) is 1. The lowest BCUT2D eigenvalue weighted by molar-refractivity contribution is 0.316. The highest BCUT2D eigenvalue weighted by Gasteiger charge is 2.40. The average Bonchev–Trinajstić information content (AvgIpc) is 2.80. The molecule has 1 aromatic carbocycles. The van der Waals surface area contributed by atoms with E-state index < -0.39 is 17.0 Å². The summed E-state index contributed by atoms with van der Waals surface area (Å²) in [4.78, 5) is 8.94. The lowest BCUT2D eigenvalue weighted by atomic mass is 9.67. The fraction of sp³-hybridized carbons (Fsp3) is 0.346. The van der Waals surface area contributed by atoms with Crippen LogP contribution in [0.1, 0.15) is 55.8 Å². The Balaban J connectivity index is 1.54. The van der Waals surface area contributed by atoms with Crippen LogP contribution in [0.5, 0.6) is 5.75 Å². The van der Waals surface area contributed by atoms with Crippen molar-refractivity contribution in [3.05, 3.63) is 70.1 Å². The lowest BCUT2D eigenvalue weighted by Crippen LogP contribution is -2.33. The first-order valence-electron chi connectivity index (χ1n) is 11.1. The summed E-state index contributed by atoms with van der Waals surface area (Å²) in [7, 11) is 1.34. The zero-order valence-electron chi connectivity index (χ0n) is 19.3. The minimum Gasteiger partial charge on any atom is -0.494 e. The number of aromatic nitrogens is 2. The fourth-order valence-corrected chi connectivity index (χ4v) is 4.29. The van der Waals surface area contributed by atoms with Gasteiger partial charge in [-0.25, -0.2) is 8.78 Å². The molecule has 0 bridgehead atoms. The maximum absolute atomic E-state index is 14.9. The number of nitrogens with zero attached hydrogens (tertiary/aromatic N) is 3. The molecule has 8 heteroatoms. The Bertz CT molecular complexity index is 1250. The zero-order valence-corrected chi connectivity index (χ0v) is 20.0. The molecule has 0 spiro atoms. The van der Waals surface area contributed by atoms with Gasteiger partial charge in [0, 0.05) is 35.1 Å². The number of anilines is 1. The minimum absolute atomic E-state index is 0.0248. The molecule has 0 atom stereocenters. The second-order valence-electron chi connectivity index (χ2n) is 8.82. The molecule has 34 heavy (non-hydrogen) atoms. The molecule has 2 aromatic heterocycles. The number of methoxy groups -OCH3 is 1. The molecule has 1 aliphatic carbocycles. The van der Waals surface area contributed by atoms with E-state index in [1.54, 1.807) is 18.5 Å². The number of rotatable bonds is 7. The molecule has 0 radical (unpaired) electrons. The van der Waals surface area contributed by atoms with E-state index in [2.05, 4.69) is 21.4 Å². The first kappa shape index (κ1) is 23.9. The van der Waals surface area contributed by atoms with Crippen molar-refractivity contribution in [2.24, 2.45) is 0 Å². The third kappa shape index (κ3) is 4.30. The van der Waals surface area contributed by atoms with E-state index in [-0.39, 0.29) is 23.9 Å². The second kappa shape index (κ2) is 9.55. The van der Waals surface area contributed by atoms with Crippen LogP contribution in [0.4, 0.5) is 14.5 Å². The van der Waals surface area contributed by atoms with Crippen LogP contribution in [-0.2, 0) is 12.0 Å². The Morgan fingerprint density at radius 2 is 1.94 bits per heavy atom. The van der Waals surface area contributed by atoms with Crippen LogP contribution in [0.2, 0.25) is 5.02 Å². The molecule has 2 heterocycles. The summed E-state index contributed by atoms with van der Waals surface area (Å²) in [6.45, 7) is 3.73. The molecule has 0 amide bonds. The Morgan fingerprint density at radius 1 is 1.18 bits per heavy atom. The summed E-state index contributed by atoms with van der Waals surface area (Å²) in [5.41, 5.74) is 2.37. The Morgan fingerprint density at radius 3 is 2.47 bits per heavy atom. The van der Waals surface area contributed by atoms with E-state index in [0.717, 1.165) is 30.5 Å². The van der Waals surface area contributed by atoms with Gasteiger partial charge < -0.3 is 10.1 Å². The van der Waals surface area contributed by atoms with Crippen LogP contribution in [0.3, 0.4) is 0 Å². The number of nitriles is 1. The molecule has 3 aromatic rings. The molecule has 0 saturated heterocycles. The molecule has 1 N–H and O–H groups in total. The molecule has 5 nitrogen and oxygen atoms in total. The Labute approximate surface area is 202 Å². The molecular formula is C26H25ClF2N4O. The standard InChI is InChI=1S/C26H25ClF2N4O/c1-15(2)18-9-21(34-3)24(29)25(23(18)28)33-13-17-12-31-20(10-19(17)27)16-5-6-22(32-11-16)26(14-30)7-4-8-26/h5-6,9-12,15,33H,4,7-8,13H2,1-3H3. The van der Waals surface area contributed by atoms with Gasteiger partial charge in [-0.3, -0.25) is 9.97 Å². The van der Waals surface area contributed by atoms with Gasteiger partial charge >= 0.3 is 0 Å². The number of hydrogen-bond acceptors (Lipinski definition) is 5. The van der Waals surface area contributed by atoms with Crippen molar-refractivity contribution >= 4 is 17.3 Å². The predicted molar refractivity (Wildman–Crippen MR) is 128 cm³/mol. The van der Waals surface area contributed by atoms with Gasteiger partial charge in [-0.05, 0) is 55.0 Å². The summed E-state index contributed by atoms with van der Waals surface area (Å²) >= 11 is 6.47. The van der Waals surface area contributed by atoms with Crippen LogP contribution in [-0.4, -0.2) is 17.1 Å². The van der Waals surface area contributed by atoms with Crippen LogP contribution < -0.4 is 10.1 Å². The SMILES string of the molecule is COc1cc(C(C)C)c(F)c(NCc2cnc(-c3ccc(C4(C#N)CCC4)nc3)cc2Cl)c1F. The maximum atomic E-state index is 14.9. The highest BCUT2D eigenvalue weighted by molar-refractivity contribution is 6.31.